The molecule has 2 atom stereocenters. The van der Waals surface area contributed by atoms with Crippen molar-refractivity contribution in [1.29, 1.82) is 0 Å². The number of nitrogens with two attached hydrogens (primary N) is 1. The highest BCUT2D eigenvalue weighted by atomic mass is 16.5. The number of carbonyl (C=O) groups excluding carboxylic acids is 1. The molecule has 0 saturated carbocycles. The summed E-state index contributed by atoms with van der Waals surface area (Å²) in [6.07, 6.45) is -1.33. The van der Waals surface area contributed by atoms with E-state index in [4.69, 9.17) is 10.5 Å². The normalized spacial score (nSPS) is 14.1. The first kappa shape index (κ1) is 13.4. The van der Waals surface area contributed by atoms with Gasteiger partial charge in [0.05, 0.1) is 19.1 Å². The smallest absolute Gasteiger partial charge is 0.220 e. The number of aliphatic hydroxyl groups is 2. The molecule has 0 aliphatic heterocycles. The molecule has 6 nitrogen and oxygen atoms in total. The predicted octanol–water partition coefficient (Wildman–Crippen LogP) is -0.250. The van der Waals surface area contributed by atoms with Gasteiger partial charge in [0.15, 0.2) is 0 Å². The van der Waals surface area contributed by atoms with Crippen molar-refractivity contribution < 1.29 is 19.7 Å². The monoisotopic (exact) mass is 240 g/mol. The van der Waals surface area contributed by atoms with E-state index in [2.05, 4.69) is 4.98 Å². The molecule has 1 heterocycles. The molecule has 0 aliphatic carbocycles. The van der Waals surface area contributed by atoms with Gasteiger partial charge in [-0.15, -0.1) is 0 Å². The number of aliphatic hydroxyl groups excluding tert-OH is 2. The fraction of sp³-hybridized carbons (Fsp3) is 0.455. The average molecular weight is 240 g/mol. The number of rotatable bonds is 6. The van der Waals surface area contributed by atoms with Gasteiger partial charge in [-0.05, 0) is 13.0 Å². The predicted molar refractivity (Wildman–Crippen MR) is 60.2 cm³/mol. The van der Waals surface area contributed by atoms with Crippen LogP contribution in [0.5, 0.6) is 5.88 Å². The van der Waals surface area contributed by atoms with E-state index in [-0.39, 0.29) is 6.42 Å². The first-order chi connectivity index (χ1) is 8.04. The molecule has 1 amide bonds. The summed E-state index contributed by atoms with van der Waals surface area (Å²) >= 11 is 0. The molecule has 4 N–H and O–H groups in total. The number of hydrogen-bond acceptors (Lipinski definition) is 5. The number of amides is 1. The topological polar surface area (TPSA) is 106 Å². The number of hydrogen-bond donors (Lipinski definition) is 3. The zero-order chi connectivity index (χ0) is 12.8. The Morgan fingerprint density at radius 2 is 2.24 bits per heavy atom. The molecular weight excluding hydrogens is 224 g/mol. The minimum absolute atomic E-state index is 0.297. The van der Waals surface area contributed by atoms with Gasteiger partial charge in [0.25, 0.3) is 0 Å². The average Bonchev–Trinajstić information content (AvgIpc) is 2.28. The third-order valence-corrected chi connectivity index (χ3v) is 2.17. The second-order valence-electron chi connectivity index (χ2n) is 3.55. The molecular formula is C11H16N2O4. The van der Waals surface area contributed by atoms with Crippen molar-refractivity contribution >= 4 is 5.91 Å². The maximum Gasteiger partial charge on any atom is 0.220 e. The van der Waals surface area contributed by atoms with Crippen LogP contribution >= 0.6 is 0 Å². The molecule has 17 heavy (non-hydrogen) atoms. The van der Waals surface area contributed by atoms with Crippen LogP contribution in [-0.4, -0.2) is 33.8 Å². The van der Waals surface area contributed by atoms with E-state index >= 15 is 0 Å². The second kappa shape index (κ2) is 6.17. The minimum atomic E-state index is -1.23. The minimum Gasteiger partial charge on any atom is -0.478 e. The van der Waals surface area contributed by atoms with E-state index < -0.39 is 18.1 Å². The van der Waals surface area contributed by atoms with Gasteiger partial charge >= 0.3 is 0 Å². The quantitative estimate of drug-likeness (QED) is 0.635. The van der Waals surface area contributed by atoms with Crippen LogP contribution in [0.1, 0.15) is 25.0 Å². The summed E-state index contributed by atoms with van der Waals surface area (Å²) in [5.41, 5.74) is 5.33. The van der Waals surface area contributed by atoms with Crippen LogP contribution in [0.4, 0.5) is 0 Å². The van der Waals surface area contributed by atoms with Gasteiger partial charge in [-0.1, -0.05) is 0 Å². The van der Waals surface area contributed by atoms with E-state index in [0.29, 0.717) is 18.1 Å². The van der Waals surface area contributed by atoms with E-state index in [1.807, 2.05) is 6.92 Å². The molecule has 0 spiro atoms. The highest BCUT2D eigenvalue weighted by molar-refractivity contribution is 5.74. The lowest BCUT2D eigenvalue weighted by Gasteiger charge is -2.16. The summed E-state index contributed by atoms with van der Waals surface area (Å²) in [5.74, 6) is -0.233. The summed E-state index contributed by atoms with van der Waals surface area (Å²) in [7, 11) is 0. The Morgan fingerprint density at radius 3 is 2.71 bits per heavy atom. The van der Waals surface area contributed by atoms with Crippen LogP contribution in [0, 0.1) is 0 Å². The largest absolute Gasteiger partial charge is 0.478 e. The summed E-state index contributed by atoms with van der Waals surface area (Å²) in [4.78, 5) is 14.5. The van der Waals surface area contributed by atoms with Crippen molar-refractivity contribution in [2.45, 2.75) is 25.6 Å². The lowest BCUT2D eigenvalue weighted by molar-refractivity contribution is -0.121. The first-order valence-electron chi connectivity index (χ1n) is 5.27. The Hall–Kier alpha value is -1.66. The number of pyridine rings is 1. The Bertz CT molecular complexity index is 366. The lowest BCUT2D eigenvalue weighted by atomic mass is 10.0. The molecule has 0 saturated heterocycles. The fourth-order valence-electron chi connectivity index (χ4n) is 1.34. The van der Waals surface area contributed by atoms with Gasteiger partial charge in [-0.3, -0.25) is 4.79 Å². The number of aromatic nitrogens is 1. The van der Waals surface area contributed by atoms with E-state index in [1.165, 1.54) is 6.20 Å². The van der Waals surface area contributed by atoms with Crippen molar-refractivity contribution in [2.75, 3.05) is 6.61 Å². The van der Waals surface area contributed by atoms with Crippen LogP contribution in [0.2, 0.25) is 0 Å². The summed E-state index contributed by atoms with van der Waals surface area (Å²) < 4.78 is 5.14. The first-order valence-corrected chi connectivity index (χ1v) is 5.27. The van der Waals surface area contributed by atoms with Gasteiger partial charge in [-0.25, -0.2) is 4.98 Å². The van der Waals surface area contributed by atoms with Gasteiger partial charge in [0.2, 0.25) is 11.8 Å². The summed E-state index contributed by atoms with van der Waals surface area (Å²) in [6, 6.07) is 3.16. The molecule has 94 valence electrons. The molecule has 1 aromatic rings. The summed E-state index contributed by atoms with van der Waals surface area (Å²) in [6.45, 7) is 2.33. The van der Waals surface area contributed by atoms with Crippen molar-refractivity contribution in [1.82, 2.24) is 4.98 Å². The third-order valence-electron chi connectivity index (χ3n) is 2.17. The third kappa shape index (κ3) is 4.01. The van der Waals surface area contributed by atoms with E-state index in [0.717, 1.165) is 0 Å². The molecule has 0 bridgehead atoms. The SMILES string of the molecule is CCOc1ccc(C(O)C(O)CC(N)=O)cn1. The van der Waals surface area contributed by atoms with Gasteiger partial charge in [-0.2, -0.15) is 0 Å². The maximum absolute atomic E-state index is 10.6. The molecule has 1 aromatic heterocycles. The Kier molecular flexibility index (Phi) is 4.86. The van der Waals surface area contributed by atoms with Crippen molar-refractivity contribution in [2.24, 2.45) is 5.73 Å². The fourth-order valence-corrected chi connectivity index (χ4v) is 1.34. The molecule has 0 fully saturated rings. The van der Waals surface area contributed by atoms with Gasteiger partial charge < -0.3 is 20.7 Å². The summed E-state index contributed by atoms with van der Waals surface area (Å²) in [5, 5.41) is 19.2. The van der Waals surface area contributed by atoms with Crippen LogP contribution in [-0.2, 0) is 4.79 Å². The lowest BCUT2D eigenvalue weighted by Crippen LogP contribution is -2.25. The second-order valence-corrected chi connectivity index (χ2v) is 3.55. The molecule has 6 heteroatoms. The van der Waals surface area contributed by atoms with Crippen molar-refractivity contribution in [3.63, 3.8) is 0 Å². The molecule has 0 aromatic carbocycles. The van der Waals surface area contributed by atoms with Crippen molar-refractivity contribution in [3.05, 3.63) is 23.9 Å². The zero-order valence-corrected chi connectivity index (χ0v) is 9.54. The van der Waals surface area contributed by atoms with Crippen molar-refractivity contribution in [3.8, 4) is 5.88 Å². The van der Waals surface area contributed by atoms with Crippen LogP contribution in [0.25, 0.3) is 0 Å². The van der Waals surface area contributed by atoms with E-state index in [1.54, 1.807) is 12.1 Å². The Morgan fingerprint density at radius 1 is 1.53 bits per heavy atom. The molecule has 0 radical (unpaired) electrons. The standard InChI is InChI=1S/C11H16N2O4/c1-2-17-10-4-3-7(6-13-10)11(16)8(14)5-9(12)15/h3-4,6,8,11,14,16H,2,5H2,1H3,(H2,12,15). The van der Waals surface area contributed by atoms with Gasteiger partial charge in [0, 0.05) is 17.8 Å². The molecule has 0 aliphatic rings. The Labute approximate surface area is 99.0 Å². The highest BCUT2D eigenvalue weighted by Crippen LogP contribution is 2.19. The Balaban J connectivity index is 2.68. The van der Waals surface area contributed by atoms with Crippen LogP contribution < -0.4 is 10.5 Å². The highest BCUT2D eigenvalue weighted by Gasteiger charge is 2.20. The number of carbonyl (C=O) groups is 1. The van der Waals surface area contributed by atoms with Gasteiger partial charge in [0.1, 0.15) is 6.10 Å². The number of nitrogens with zero attached hydrogens (tertiary/aromatic N) is 1. The van der Waals surface area contributed by atoms with E-state index in [9.17, 15) is 15.0 Å². The van der Waals surface area contributed by atoms with Crippen LogP contribution in [0.15, 0.2) is 18.3 Å². The number of ether oxygens (including phenoxy) is 1. The zero-order valence-electron chi connectivity index (χ0n) is 9.54. The molecule has 2 unspecified atom stereocenters. The maximum atomic E-state index is 10.6. The van der Waals surface area contributed by atoms with Crippen LogP contribution in [0.3, 0.4) is 0 Å². The number of primary amides is 1. The molecule has 1 rings (SSSR count).